The second-order valence-corrected chi connectivity index (χ2v) is 9.46. The fraction of sp³-hybridized carbons (Fsp3) is 0.455. The Kier molecular flexibility index (Phi) is 3.64. The van der Waals surface area contributed by atoms with Crippen LogP contribution < -0.4 is 5.46 Å². The van der Waals surface area contributed by atoms with Crippen molar-refractivity contribution in [1.29, 1.82) is 0 Å². The first-order chi connectivity index (χ1) is 12.0. The summed E-state index contributed by atoms with van der Waals surface area (Å²) in [7, 11) is -0.383. The lowest BCUT2D eigenvalue weighted by Crippen LogP contribution is -2.41. The lowest BCUT2D eigenvalue weighted by molar-refractivity contribution is 0.00578. The van der Waals surface area contributed by atoms with Crippen LogP contribution in [-0.4, -0.2) is 23.3 Å². The van der Waals surface area contributed by atoms with Gasteiger partial charge in [-0.3, -0.25) is 0 Å². The van der Waals surface area contributed by atoms with Gasteiger partial charge in [0.1, 0.15) is 0 Å². The molecule has 1 N–H and O–H groups in total. The topological polar surface area (TPSA) is 34.2 Å². The van der Waals surface area contributed by atoms with Gasteiger partial charge in [-0.05, 0) is 44.7 Å². The van der Waals surface area contributed by atoms with E-state index in [0.29, 0.717) is 0 Å². The van der Waals surface area contributed by atoms with E-state index in [4.69, 9.17) is 9.31 Å². The van der Waals surface area contributed by atoms with E-state index in [1.807, 2.05) is 0 Å². The number of para-hydroxylation sites is 1. The summed E-state index contributed by atoms with van der Waals surface area (Å²) in [5, 5.41) is 2.46. The molecule has 1 aliphatic rings. The molecule has 0 bridgehead atoms. The summed E-state index contributed by atoms with van der Waals surface area (Å²) < 4.78 is 12.9. The molecule has 0 saturated carbocycles. The normalized spacial score (nSPS) is 19.6. The van der Waals surface area contributed by atoms with Crippen molar-refractivity contribution >= 4 is 34.4 Å². The summed E-state index contributed by atoms with van der Waals surface area (Å²) in [5.41, 5.74) is 3.93. The van der Waals surface area contributed by atoms with E-state index < -0.39 is 0 Å². The summed E-state index contributed by atoms with van der Waals surface area (Å²) in [4.78, 5) is 3.63. The molecule has 26 heavy (non-hydrogen) atoms. The van der Waals surface area contributed by atoms with Crippen molar-refractivity contribution in [3.63, 3.8) is 0 Å². The van der Waals surface area contributed by atoms with Crippen molar-refractivity contribution in [1.82, 2.24) is 4.98 Å². The van der Waals surface area contributed by atoms with Gasteiger partial charge in [-0.25, -0.2) is 0 Å². The molecule has 0 radical (unpaired) electrons. The maximum Gasteiger partial charge on any atom is 0.497 e. The minimum atomic E-state index is -0.383. The van der Waals surface area contributed by atoms with Crippen LogP contribution in [0.3, 0.4) is 0 Å². The molecule has 1 saturated heterocycles. The van der Waals surface area contributed by atoms with Gasteiger partial charge in [-0.1, -0.05) is 51.1 Å². The maximum atomic E-state index is 6.45. The van der Waals surface area contributed by atoms with Crippen molar-refractivity contribution < 1.29 is 9.31 Å². The third-order valence-corrected chi connectivity index (χ3v) is 6.02. The Balaban J connectivity index is 2.02. The van der Waals surface area contributed by atoms with Gasteiger partial charge in [-0.2, -0.15) is 0 Å². The average Bonchev–Trinajstić information content (AvgIpc) is 2.99. The lowest BCUT2D eigenvalue weighted by Gasteiger charge is -2.32. The van der Waals surface area contributed by atoms with Crippen molar-refractivity contribution in [2.24, 2.45) is 0 Å². The fourth-order valence-electron chi connectivity index (χ4n) is 3.80. The zero-order chi connectivity index (χ0) is 18.9. The molecule has 0 unspecified atom stereocenters. The molecule has 1 fully saturated rings. The molecule has 0 amide bonds. The van der Waals surface area contributed by atoms with Gasteiger partial charge in [-0.15, -0.1) is 0 Å². The van der Waals surface area contributed by atoms with E-state index in [1.165, 1.54) is 16.3 Å². The average molecular weight is 349 g/mol. The number of benzene rings is 2. The van der Waals surface area contributed by atoms with Crippen molar-refractivity contribution in [3.8, 4) is 0 Å². The van der Waals surface area contributed by atoms with Gasteiger partial charge >= 0.3 is 7.12 Å². The minimum absolute atomic E-state index is 0.00951. The number of fused-ring (bicyclic) bond motifs is 3. The molecule has 3 aromatic rings. The number of hydrogen-bond acceptors (Lipinski definition) is 2. The van der Waals surface area contributed by atoms with E-state index in [9.17, 15) is 0 Å². The predicted molar refractivity (Wildman–Crippen MR) is 110 cm³/mol. The SMILES string of the molecule is CC(C)(C)c1ccc2c([nH]c3ccccc32)c1B1OC(C)(C)C(C)(C)O1. The molecule has 1 aliphatic heterocycles. The molecular weight excluding hydrogens is 321 g/mol. The van der Waals surface area contributed by atoms with Crippen molar-refractivity contribution in [3.05, 3.63) is 42.0 Å². The number of H-pyrrole nitrogens is 1. The van der Waals surface area contributed by atoms with Crippen LogP contribution >= 0.6 is 0 Å². The monoisotopic (exact) mass is 349 g/mol. The van der Waals surface area contributed by atoms with Crippen LogP contribution in [-0.2, 0) is 14.7 Å². The second-order valence-electron chi connectivity index (χ2n) is 9.46. The standard InChI is InChI=1S/C22H28BNO2/c1-20(2,3)16-13-12-15-14-10-8-9-11-17(14)24-19(15)18(16)23-25-21(4,5)22(6,7)26-23/h8-13,24H,1-7H3. The number of aromatic nitrogens is 1. The summed E-state index contributed by atoms with van der Waals surface area (Å²) >= 11 is 0. The summed E-state index contributed by atoms with van der Waals surface area (Å²) in [6, 6.07) is 12.9. The summed E-state index contributed by atoms with van der Waals surface area (Å²) in [6.07, 6.45) is 0. The van der Waals surface area contributed by atoms with Crippen LogP contribution in [0.15, 0.2) is 36.4 Å². The lowest BCUT2D eigenvalue weighted by atomic mass is 9.68. The highest BCUT2D eigenvalue weighted by atomic mass is 16.7. The van der Waals surface area contributed by atoms with Crippen LogP contribution in [0.2, 0.25) is 0 Å². The van der Waals surface area contributed by atoms with Crippen LogP contribution in [0.25, 0.3) is 21.8 Å². The first-order valence-electron chi connectivity index (χ1n) is 9.41. The van der Waals surface area contributed by atoms with Crippen LogP contribution in [0, 0.1) is 0 Å². The van der Waals surface area contributed by atoms with Gasteiger partial charge in [0.15, 0.2) is 0 Å². The smallest absolute Gasteiger partial charge is 0.399 e. The largest absolute Gasteiger partial charge is 0.497 e. The van der Waals surface area contributed by atoms with Gasteiger partial charge in [0, 0.05) is 27.3 Å². The van der Waals surface area contributed by atoms with E-state index >= 15 is 0 Å². The van der Waals surface area contributed by atoms with Gasteiger partial charge in [0.2, 0.25) is 0 Å². The Bertz CT molecular complexity index is 978. The third-order valence-electron chi connectivity index (χ3n) is 6.02. The summed E-state index contributed by atoms with van der Waals surface area (Å²) in [6.45, 7) is 15.1. The molecule has 2 heterocycles. The summed E-state index contributed by atoms with van der Waals surface area (Å²) in [5.74, 6) is 0. The van der Waals surface area contributed by atoms with Gasteiger partial charge < -0.3 is 14.3 Å². The molecule has 1 aromatic heterocycles. The first kappa shape index (κ1) is 17.6. The Labute approximate surface area is 156 Å². The quantitative estimate of drug-likeness (QED) is 0.633. The van der Waals surface area contributed by atoms with Gasteiger partial charge in [0.05, 0.1) is 11.2 Å². The molecule has 4 heteroatoms. The maximum absolute atomic E-state index is 6.45. The van der Waals surface area contributed by atoms with Crippen LogP contribution in [0.5, 0.6) is 0 Å². The molecule has 0 spiro atoms. The zero-order valence-electron chi connectivity index (χ0n) is 16.9. The Morgan fingerprint density at radius 3 is 2.08 bits per heavy atom. The number of rotatable bonds is 1. The third kappa shape index (κ3) is 2.50. The highest BCUT2D eigenvalue weighted by Gasteiger charge is 2.53. The number of hydrogen-bond donors (Lipinski definition) is 1. The predicted octanol–water partition coefficient (Wildman–Crippen LogP) is 4.92. The van der Waals surface area contributed by atoms with E-state index in [0.717, 1.165) is 16.5 Å². The molecule has 136 valence electrons. The Hall–Kier alpha value is -1.78. The highest BCUT2D eigenvalue weighted by molar-refractivity contribution is 6.66. The minimum Gasteiger partial charge on any atom is -0.399 e. The van der Waals surface area contributed by atoms with E-state index in [1.54, 1.807) is 0 Å². The van der Waals surface area contributed by atoms with Crippen molar-refractivity contribution in [2.75, 3.05) is 0 Å². The van der Waals surface area contributed by atoms with E-state index in [-0.39, 0.29) is 23.7 Å². The Morgan fingerprint density at radius 2 is 1.46 bits per heavy atom. The van der Waals surface area contributed by atoms with E-state index in [2.05, 4.69) is 89.8 Å². The van der Waals surface area contributed by atoms with Crippen LogP contribution in [0.4, 0.5) is 0 Å². The second kappa shape index (κ2) is 5.37. The zero-order valence-corrected chi connectivity index (χ0v) is 16.9. The molecule has 4 rings (SSSR count). The molecule has 0 atom stereocenters. The van der Waals surface area contributed by atoms with Crippen LogP contribution in [0.1, 0.15) is 54.0 Å². The van der Waals surface area contributed by atoms with Gasteiger partial charge in [0.25, 0.3) is 0 Å². The number of nitrogens with one attached hydrogen (secondary N) is 1. The highest BCUT2D eigenvalue weighted by Crippen LogP contribution is 2.39. The molecule has 2 aromatic carbocycles. The molecule has 3 nitrogen and oxygen atoms in total. The molecule has 0 aliphatic carbocycles. The number of aromatic amines is 1. The van der Waals surface area contributed by atoms with Crippen molar-refractivity contribution in [2.45, 2.75) is 65.1 Å². The first-order valence-corrected chi connectivity index (χ1v) is 9.41. The molecular formula is C22H28BNO2. The Morgan fingerprint density at radius 1 is 0.846 bits per heavy atom. The fourth-order valence-corrected chi connectivity index (χ4v) is 3.80.